The number of alkyl halides is 3. The largest absolute Gasteiger partial charge is 0.416 e. The van der Waals surface area contributed by atoms with E-state index in [0.717, 1.165) is 6.07 Å². The molecule has 0 aromatic heterocycles. The first kappa shape index (κ1) is 12.4. The SMILES string of the molecule is OCC1CCOC1c1ccccc1C(F)(F)F. The average Bonchev–Trinajstić information content (AvgIpc) is 2.75. The molecule has 94 valence electrons. The van der Waals surface area contributed by atoms with E-state index in [0.29, 0.717) is 13.0 Å². The number of aliphatic hydroxyl groups is 1. The van der Waals surface area contributed by atoms with Crippen LogP contribution in [0.4, 0.5) is 13.2 Å². The van der Waals surface area contributed by atoms with Crippen molar-refractivity contribution < 1.29 is 23.0 Å². The molecule has 0 bridgehead atoms. The van der Waals surface area contributed by atoms with Crippen LogP contribution in [0.1, 0.15) is 23.7 Å². The summed E-state index contributed by atoms with van der Waals surface area (Å²) < 4.78 is 43.8. The van der Waals surface area contributed by atoms with Crippen LogP contribution in [0.25, 0.3) is 0 Å². The molecule has 0 saturated carbocycles. The Hall–Kier alpha value is -1.07. The average molecular weight is 246 g/mol. The van der Waals surface area contributed by atoms with Crippen LogP contribution < -0.4 is 0 Å². The zero-order valence-electron chi connectivity index (χ0n) is 9.07. The molecule has 0 aliphatic carbocycles. The number of rotatable bonds is 2. The number of ether oxygens (including phenoxy) is 1. The number of hydrogen-bond donors (Lipinski definition) is 1. The highest BCUT2D eigenvalue weighted by atomic mass is 19.4. The lowest BCUT2D eigenvalue weighted by molar-refractivity contribution is -0.139. The molecular weight excluding hydrogens is 233 g/mol. The van der Waals surface area contributed by atoms with Crippen molar-refractivity contribution in [2.24, 2.45) is 5.92 Å². The van der Waals surface area contributed by atoms with E-state index in [1.165, 1.54) is 12.1 Å². The molecule has 2 unspecified atom stereocenters. The van der Waals surface area contributed by atoms with E-state index < -0.39 is 17.8 Å². The first-order valence-electron chi connectivity index (χ1n) is 5.42. The van der Waals surface area contributed by atoms with E-state index in [1.807, 2.05) is 0 Å². The molecule has 2 nitrogen and oxygen atoms in total. The van der Waals surface area contributed by atoms with Gasteiger partial charge in [-0.25, -0.2) is 0 Å². The fraction of sp³-hybridized carbons (Fsp3) is 0.500. The van der Waals surface area contributed by atoms with E-state index in [4.69, 9.17) is 9.84 Å². The molecule has 1 fully saturated rings. The van der Waals surface area contributed by atoms with Crippen molar-refractivity contribution in [2.45, 2.75) is 18.7 Å². The van der Waals surface area contributed by atoms with Gasteiger partial charge in [-0.3, -0.25) is 0 Å². The van der Waals surface area contributed by atoms with Crippen molar-refractivity contribution in [2.75, 3.05) is 13.2 Å². The van der Waals surface area contributed by atoms with Gasteiger partial charge in [0.25, 0.3) is 0 Å². The summed E-state index contributed by atoms with van der Waals surface area (Å²) in [6.45, 7) is 0.235. The Morgan fingerprint density at radius 3 is 2.65 bits per heavy atom. The fourth-order valence-corrected chi connectivity index (χ4v) is 2.17. The second kappa shape index (κ2) is 4.66. The van der Waals surface area contributed by atoms with Crippen LogP contribution in [0, 0.1) is 5.92 Å². The predicted octanol–water partition coefficient (Wildman–Crippen LogP) is 2.78. The summed E-state index contributed by atoms with van der Waals surface area (Å²) in [7, 11) is 0. The van der Waals surface area contributed by atoms with Crippen LogP contribution in [0.5, 0.6) is 0 Å². The normalized spacial score (nSPS) is 25.2. The lowest BCUT2D eigenvalue weighted by atomic mass is 9.92. The summed E-state index contributed by atoms with van der Waals surface area (Å²) in [5.41, 5.74) is -0.554. The van der Waals surface area contributed by atoms with Crippen molar-refractivity contribution in [3.63, 3.8) is 0 Å². The van der Waals surface area contributed by atoms with Gasteiger partial charge in [0.15, 0.2) is 0 Å². The van der Waals surface area contributed by atoms with Gasteiger partial charge in [-0.15, -0.1) is 0 Å². The summed E-state index contributed by atoms with van der Waals surface area (Å²) in [6.07, 6.45) is -4.45. The van der Waals surface area contributed by atoms with Crippen molar-refractivity contribution in [3.8, 4) is 0 Å². The van der Waals surface area contributed by atoms with E-state index >= 15 is 0 Å². The molecule has 1 aromatic rings. The summed E-state index contributed by atoms with van der Waals surface area (Å²) in [5.74, 6) is -0.251. The number of aliphatic hydroxyl groups excluding tert-OH is 1. The molecule has 1 aromatic carbocycles. The quantitative estimate of drug-likeness (QED) is 0.869. The Labute approximate surface area is 97.0 Å². The van der Waals surface area contributed by atoms with Gasteiger partial charge in [-0.1, -0.05) is 18.2 Å². The third kappa shape index (κ3) is 2.45. The van der Waals surface area contributed by atoms with E-state index in [2.05, 4.69) is 0 Å². The smallest absolute Gasteiger partial charge is 0.396 e. The van der Waals surface area contributed by atoms with Crippen LogP contribution in [-0.2, 0) is 10.9 Å². The third-order valence-corrected chi connectivity index (χ3v) is 3.02. The first-order chi connectivity index (χ1) is 8.04. The molecule has 0 radical (unpaired) electrons. The van der Waals surface area contributed by atoms with Gasteiger partial charge >= 0.3 is 6.18 Å². The van der Waals surface area contributed by atoms with Gasteiger partial charge < -0.3 is 9.84 Å². The topological polar surface area (TPSA) is 29.5 Å². The minimum atomic E-state index is -4.39. The number of benzene rings is 1. The zero-order valence-corrected chi connectivity index (χ0v) is 9.07. The van der Waals surface area contributed by atoms with Crippen LogP contribution in [0.2, 0.25) is 0 Å². The summed E-state index contributed by atoms with van der Waals surface area (Å²) in [5, 5.41) is 9.13. The molecule has 1 saturated heterocycles. The monoisotopic (exact) mass is 246 g/mol. The Bertz CT molecular complexity index is 390. The molecule has 5 heteroatoms. The summed E-state index contributed by atoms with van der Waals surface area (Å²) in [6, 6.07) is 5.38. The highest BCUT2D eigenvalue weighted by Crippen LogP contribution is 2.41. The minimum Gasteiger partial charge on any atom is -0.396 e. The molecule has 0 amide bonds. The fourth-order valence-electron chi connectivity index (χ4n) is 2.17. The van der Waals surface area contributed by atoms with Gasteiger partial charge in [0.1, 0.15) is 0 Å². The predicted molar refractivity (Wildman–Crippen MR) is 55.3 cm³/mol. The molecule has 2 atom stereocenters. The minimum absolute atomic E-state index is 0.122. The maximum atomic E-state index is 12.8. The standard InChI is InChI=1S/C12H13F3O2/c13-12(14,15)10-4-2-1-3-9(10)11-8(7-16)5-6-17-11/h1-4,8,11,16H,5-7H2. The molecule has 17 heavy (non-hydrogen) atoms. The molecular formula is C12H13F3O2. The first-order valence-corrected chi connectivity index (χ1v) is 5.42. The van der Waals surface area contributed by atoms with Crippen molar-refractivity contribution in [1.29, 1.82) is 0 Å². The van der Waals surface area contributed by atoms with E-state index in [9.17, 15) is 13.2 Å². The Morgan fingerprint density at radius 1 is 1.29 bits per heavy atom. The van der Waals surface area contributed by atoms with Gasteiger partial charge in [0, 0.05) is 19.1 Å². The van der Waals surface area contributed by atoms with Gasteiger partial charge in [-0.2, -0.15) is 13.2 Å². The van der Waals surface area contributed by atoms with Gasteiger partial charge in [-0.05, 0) is 18.1 Å². The molecule has 1 aliphatic heterocycles. The Balaban J connectivity index is 2.38. The summed E-state index contributed by atoms with van der Waals surface area (Å²) >= 11 is 0. The lowest BCUT2D eigenvalue weighted by Gasteiger charge is -2.21. The molecule has 1 N–H and O–H groups in total. The molecule has 2 rings (SSSR count). The van der Waals surface area contributed by atoms with Crippen molar-refractivity contribution >= 4 is 0 Å². The highest BCUT2D eigenvalue weighted by molar-refractivity contribution is 5.32. The maximum Gasteiger partial charge on any atom is 0.416 e. The van der Waals surface area contributed by atoms with Gasteiger partial charge in [0.2, 0.25) is 0 Å². The lowest BCUT2D eigenvalue weighted by Crippen LogP contribution is -2.17. The van der Waals surface area contributed by atoms with E-state index in [-0.39, 0.29) is 18.1 Å². The second-order valence-electron chi connectivity index (χ2n) is 4.11. The number of hydrogen-bond acceptors (Lipinski definition) is 2. The van der Waals surface area contributed by atoms with Crippen LogP contribution in [0.15, 0.2) is 24.3 Å². The van der Waals surface area contributed by atoms with Crippen LogP contribution in [-0.4, -0.2) is 18.3 Å². The zero-order chi connectivity index (χ0) is 12.5. The van der Waals surface area contributed by atoms with Crippen LogP contribution in [0.3, 0.4) is 0 Å². The molecule has 1 heterocycles. The molecule has 1 aliphatic rings. The van der Waals surface area contributed by atoms with Gasteiger partial charge in [0.05, 0.1) is 11.7 Å². The number of halogens is 3. The molecule has 0 spiro atoms. The highest BCUT2D eigenvalue weighted by Gasteiger charge is 2.38. The maximum absolute atomic E-state index is 12.8. The Morgan fingerprint density at radius 2 is 2.00 bits per heavy atom. The second-order valence-corrected chi connectivity index (χ2v) is 4.11. The van der Waals surface area contributed by atoms with Crippen LogP contribution >= 0.6 is 0 Å². The van der Waals surface area contributed by atoms with Crippen molar-refractivity contribution in [3.05, 3.63) is 35.4 Å². The van der Waals surface area contributed by atoms with Crippen molar-refractivity contribution in [1.82, 2.24) is 0 Å². The summed E-state index contributed by atoms with van der Waals surface area (Å²) in [4.78, 5) is 0. The van der Waals surface area contributed by atoms with E-state index in [1.54, 1.807) is 6.07 Å². The third-order valence-electron chi connectivity index (χ3n) is 3.02. The Kier molecular flexibility index (Phi) is 3.40.